The van der Waals surface area contributed by atoms with Gasteiger partial charge in [0.05, 0.1) is 12.5 Å². The normalized spacial score (nSPS) is 10.6. The second-order valence-corrected chi connectivity index (χ2v) is 2.34. The molecule has 0 aromatic heterocycles. The topological polar surface area (TPSA) is 49.7 Å². The Kier molecular flexibility index (Phi) is 15.6. The molecule has 13 heavy (non-hydrogen) atoms. The van der Waals surface area contributed by atoms with Gasteiger partial charge < -0.3 is 14.9 Å². The fourth-order valence-corrected chi connectivity index (χ4v) is 0.461. The number of aliphatic hydroxyl groups is 2. The van der Waals surface area contributed by atoms with Gasteiger partial charge in [-0.1, -0.05) is 25.5 Å². The first-order valence-corrected chi connectivity index (χ1v) is 4.42. The lowest BCUT2D eigenvalue weighted by Gasteiger charge is -1.94. The Labute approximate surface area is 80.4 Å². The van der Waals surface area contributed by atoms with Crippen molar-refractivity contribution in [1.82, 2.24) is 0 Å². The molecule has 0 aromatic rings. The summed E-state index contributed by atoms with van der Waals surface area (Å²) in [4.78, 5) is 0. The average Bonchev–Trinajstić information content (AvgIpc) is 2.06. The number of hydrogen-bond donors (Lipinski definition) is 2. The Hall–Kier alpha value is -0.800. The molecular weight excluding hydrogens is 168 g/mol. The zero-order valence-electron chi connectivity index (χ0n) is 8.60. The summed E-state index contributed by atoms with van der Waals surface area (Å²) in [6.07, 6.45) is 7.13. The Morgan fingerprint density at radius 2 is 1.62 bits per heavy atom. The molecule has 0 fully saturated rings. The molecule has 0 saturated heterocycles. The first-order chi connectivity index (χ1) is 6.18. The highest BCUT2D eigenvalue weighted by Gasteiger charge is 1.89. The number of allylic oxidation sites excluding steroid dienone is 2. The Bertz CT molecular complexity index is 118. The van der Waals surface area contributed by atoms with Gasteiger partial charge in [-0.25, -0.2) is 0 Å². The monoisotopic (exact) mass is 188 g/mol. The average molecular weight is 188 g/mol. The molecule has 3 heteroatoms. The summed E-state index contributed by atoms with van der Waals surface area (Å²) >= 11 is 0. The van der Waals surface area contributed by atoms with Crippen LogP contribution in [-0.2, 0) is 4.74 Å². The molecule has 0 spiro atoms. The van der Waals surface area contributed by atoms with Crippen LogP contribution in [0, 0.1) is 0 Å². The predicted molar refractivity (Wildman–Crippen MR) is 53.8 cm³/mol. The van der Waals surface area contributed by atoms with Crippen molar-refractivity contribution in [2.75, 3.05) is 0 Å². The van der Waals surface area contributed by atoms with Gasteiger partial charge in [0.1, 0.15) is 0 Å². The van der Waals surface area contributed by atoms with E-state index in [1.54, 1.807) is 12.5 Å². The largest absolute Gasteiger partial charge is 0.473 e. The van der Waals surface area contributed by atoms with E-state index in [0.29, 0.717) is 6.42 Å². The molecule has 0 aromatic carbocycles. The van der Waals surface area contributed by atoms with E-state index in [1.165, 1.54) is 0 Å². The van der Waals surface area contributed by atoms with E-state index in [2.05, 4.69) is 0 Å². The highest BCUT2D eigenvalue weighted by Crippen LogP contribution is 1.88. The number of aliphatic hydroxyl groups excluding tert-OH is 1. The van der Waals surface area contributed by atoms with Crippen LogP contribution in [0.5, 0.6) is 0 Å². The van der Waals surface area contributed by atoms with Crippen molar-refractivity contribution in [1.29, 1.82) is 0 Å². The van der Waals surface area contributed by atoms with E-state index >= 15 is 0 Å². The van der Waals surface area contributed by atoms with Gasteiger partial charge in [0.25, 0.3) is 0 Å². The van der Waals surface area contributed by atoms with Crippen molar-refractivity contribution >= 4 is 0 Å². The molecular formula is C10H20O3. The SMILES string of the molecule is CC=COC=CC.CCCC(O)O. The molecule has 0 radical (unpaired) electrons. The highest BCUT2D eigenvalue weighted by molar-refractivity contribution is 4.73. The Morgan fingerprint density at radius 3 is 1.77 bits per heavy atom. The van der Waals surface area contributed by atoms with Gasteiger partial charge in [0, 0.05) is 0 Å². The minimum atomic E-state index is -1.10. The van der Waals surface area contributed by atoms with Crippen LogP contribution in [0.4, 0.5) is 0 Å². The molecule has 0 rings (SSSR count). The molecule has 0 heterocycles. The predicted octanol–water partition coefficient (Wildman–Crippen LogP) is 2.17. The van der Waals surface area contributed by atoms with Crippen molar-refractivity contribution in [3.8, 4) is 0 Å². The first-order valence-electron chi connectivity index (χ1n) is 4.42. The Morgan fingerprint density at radius 1 is 1.15 bits per heavy atom. The van der Waals surface area contributed by atoms with Crippen LogP contribution in [-0.4, -0.2) is 16.5 Å². The van der Waals surface area contributed by atoms with E-state index in [4.69, 9.17) is 14.9 Å². The minimum Gasteiger partial charge on any atom is -0.473 e. The van der Waals surface area contributed by atoms with Gasteiger partial charge in [-0.2, -0.15) is 0 Å². The van der Waals surface area contributed by atoms with Crippen LogP contribution >= 0.6 is 0 Å². The number of ether oxygens (including phenoxy) is 1. The van der Waals surface area contributed by atoms with E-state index in [-0.39, 0.29) is 0 Å². The van der Waals surface area contributed by atoms with Gasteiger partial charge in [-0.05, 0) is 20.3 Å². The molecule has 78 valence electrons. The van der Waals surface area contributed by atoms with Crippen LogP contribution < -0.4 is 0 Å². The number of hydrogen-bond acceptors (Lipinski definition) is 3. The molecule has 0 amide bonds. The Balaban J connectivity index is 0. The van der Waals surface area contributed by atoms with E-state index in [0.717, 1.165) is 6.42 Å². The lowest BCUT2D eigenvalue weighted by atomic mass is 10.3. The molecule has 0 aliphatic rings. The van der Waals surface area contributed by atoms with Crippen molar-refractivity contribution in [3.05, 3.63) is 24.7 Å². The van der Waals surface area contributed by atoms with Gasteiger partial charge in [-0.3, -0.25) is 0 Å². The summed E-state index contributed by atoms with van der Waals surface area (Å²) in [5, 5.41) is 16.2. The van der Waals surface area contributed by atoms with Crippen molar-refractivity contribution in [2.45, 2.75) is 39.9 Å². The molecule has 0 unspecified atom stereocenters. The maximum absolute atomic E-state index is 8.11. The van der Waals surface area contributed by atoms with Gasteiger partial charge in [0.15, 0.2) is 6.29 Å². The summed E-state index contributed by atoms with van der Waals surface area (Å²) in [5.74, 6) is 0. The third-order valence-corrected chi connectivity index (χ3v) is 0.976. The summed E-state index contributed by atoms with van der Waals surface area (Å²) in [6.45, 7) is 5.71. The van der Waals surface area contributed by atoms with Crippen molar-refractivity contribution in [3.63, 3.8) is 0 Å². The smallest absolute Gasteiger partial charge is 0.151 e. The summed E-state index contributed by atoms with van der Waals surface area (Å²) in [5.41, 5.74) is 0. The van der Waals surface area contributed by atoms with Crippen LogP contribution in [0.2, 0.25) is 0 Å². The third kappa shape index (κ3) is 24.7. The minimum absolute atomic E-state index is 0.486. The van der Waals surface area contributed by atoms with Crippen LogP contribution in [0.3, 0.4) is 0 Å². The summed E-state index contributed by atoms with van der Waals surface area (Å²) < 4.78 is 4.77. The standard InChI is InChI=1S/C6H10O.C4H10O2/c1-3-5-7-6-4-2;1-2-3-4(5)6/h3-6H,1-2H3;4-6H,2-3H2,1H3. The molecule has 3 nitrogen and oxygen atoms in total. The second-order valence-electron chi connectivity index (χ2n) is 2.34. The maximum atomic E-state index is 8.11. The first kappa shape index (κ1) is 14.7. The fraction of sp³-hybridized carbons (Fsp3) is 0.600. The van der Waals surface area contributed by atoms with Gasteiger partial charge in [0.2, 0.25) is 0 Å². The lowest BCUT2D eigenvalue weighted by Crippen LogP contribution is -2.01. The van der Waals surface area contributed by atoms with E-state index in [1.807, 2.05) is 32.9 Å². The zero-order valence-corrected chi connectivity index (χ0v) is 8.60. The maximum Gasteiger partial charge on any atom is 0.151 e. The highest BCUT2D eigenvalue weighted by atomic mass is 16.5. The zero-order chi connectivity index (χ0) is 10.5. The van der Waals surface area contributed by atoms with Crippen LogP contribution in [0.1, 0.15) is 33.6 Å². The van der Waals surface area contributed by atoms with Gasteiger partial charge in [-0.15, -0.1) is 0 Å². The van der Waals surface area contributed by atoms with E-state index < -0.39 is 6.29 Å². The third-order valence-electron chi connectivity index (χ3n) is 0.976. The molecule has 0 atom stereocenters. The molecule has 0 bridgehead atoms. The lowest BCUT2D eigenvalue weighted by molar-refractivity contribution is -0.0453. The quantitative estimate of drug-likeness (QED) is 0.525. The molecule has 2 N–H and O–H groups in total. The van der Waals surface area contributed by atoms with Crippen LogP contribution in [0.25, 0.3) is 0 Å². The molecule has 0 aliphatic carbocycles. The van der Waals surface area contributed by atoms with Crippen molar-refractivity contribution in [2.24, 2.45) is 0 Å². The van der Waals surface area contributed by atoms with Crippen LogP contribution in [0.15, 0.2) is 24.7 Å². The van der Waals surface area contributed by atoms with E-state index in [9.17, 15) is 0 Å². The summed E-state index contributed by atoms with van der Waals surface area (Å²) in [6, 6.07) is 0. The van der Waals surface area contributed by atoms with Gasteiger partial charge >= 0.3 is 0 Å². The molecule has 0 saturated carbocycles. The fourth-order valence-electron chi connectivity index (χ4n) is 0.461. The van der Waals surface area contributed by atoms with Crippen molar-refractivity contribution < 1.29 is 14.9 Å². The summed E-state index contributed by atoms with van der Waals surface area (Å²) in [7, 11) is 0. The number of rotatable bonds is 4. The molecule has 0 aliphatic heterocycles. The second kappa shape index (κ2) is 13.8.